The van der Waals surface area contributed by atoms with Gasteiger partial charge in [-0.2, -0.15) is 0 Å². The van der Waals surface area contributed by atoms with Crippen molar-refractivity contribution in [1.29, 1.82) is 0 Å². The normalized spacial score (nSPS) is 21.9. The molecule has 1 aliphatic carbocycles. The van der Waals surface area contributed by atoms with Crippen molar-refractivity contribution in [3.05, 3.63) is 0 Å². The number of aliphatic hydroxyl groups is 1. The Balaban J connectivity index is 2.17. The highest BCUT2D eigenvalue weighted by Gasteiger charge is 2.33. The molecule has 3 atom stereocenters. The summed E-state index contributed by atoms with van der Waals surface area (Å²) in [6.45, 7) is 4.24. The number of carbonyl (C=O) groups excluding carboxylic acids is 2. The van der Waals surface area contributed by atoms with Crippen molar-refractivity contribution in [1.82, 2.24) is 0 Å². The van der Waals surface area contributed by atoms with Gasteiger partial charge in [-0.25, -0.2) is 4.79 Å². The summed E-state index contributed by atoms with van der Waals surface area (Å²) < 4.78 is 4.77. The van der Waals surface area contributed by atoms with E-state index < -0.39 is 11.4 Å². The Morgan fingerprint density at radius 3 is 2.67 bits per heavy atom. The number of esters is 1. The van der Waals surface area contributed by atoms with Crippen LogP contribution in [0.3, 0.4) is 0 Å². The van der Waals surface area contributed by atoms with Gasteiger partial charge < -0.3 is 9.84 Å². The molecule has 1 rings (SSSR count). The maximum atomic E-state index is 12.1. The third kappa shape index (κ3) is 8.02. The van der Waals surface area contributed by atoms with Crippen LogP contribution in [0.4, 0.5) is 0 Å². The zero-order chi connectivity index (χ0) is 17.8. The minimum Gasteiger partial charge on any atom is -0.463 e. The van der Waals surface area contributed by atoms with E-state index in [1.165, 1.54) is 43.9 Å². The molecule has 0 heterocycles. The van der Waals surface area contributed by atoms with Crippen molar-refractivity contribution in [2.24, 2.45) is 11.8 Å². The molecule has 5 heteroatoms. The molecule has 1 saturated carbocycles. The van der Waals surface area contributed by atoms with Crippen molar-refractivity contribution < 1.29 is 19.4 Å². The zero-order valence-corrected chi connectivity index (χ0v) is 16.1. The van der Waals surface area contributed by atoms with Gasteiger partial charge in [-0.15, -0.1) is 11.8 Å². The highest BCUT2D eigenvalue weighted by atomic mass is 32.2. The molecule has 4 nitrogen and oxygen atoms in total. The maximum absolute atomic E-state index is 12.1. The first-order chi connectivity index (χ1) is 11.6. The molecule has 24 heavy (non-hydrogen) atoms. The summed E-state index contributed by atoms with van der Waals surface area (Å²) in [6, 6.07) is 0. The van der Waals surface area contributed by atoms with Gasteiger partial charge in [0, 0.05) is 12.3 Å². The molecular weight excluding hydrogens is 324 g/mol. The monoisotopic (exact) mass is 358 g/mol. The molecule has 0 aliphatic heterocycles. The number of hydrogen-bond acceptors (Lipinski definition) is 5. The smallest absolute Gasteiger partial charge is 0.345 e. The van der Waals surface area contributed by atoms with Gasteiger partial charge in [0.1, 0.15) is 5.78 Å². The predicted octanol–water partition coefficient (Wildman–Crippen LogP) is 4.34. The third-order valence-corrected chi connectivity index (χ3v) is 5.88. The van der Waals surface area contributed by atoms with Crippen LogP contribution in [0.1, 0.15) is 78.1 Å². The van der Waals surface area contributed by atoms with E-state index in [-0.39, 0.29) is 5.92 Å². The van der Waals surface area contributed by atoms with Gasteiger partial charge in [0.15, 0.2) is 5.44 Å². The zero-order valence-electron chi connectivity index (χ0n) is 15.3. The Bertz CT molecular complexity index is 372. The Morgan fingerprint density at radius 1 is 1.21 bits per heavy atom. The second-order valence-corrected chi connectivity index (χ2v) is 7.88. The number of thioether (sulfide) groups is 1. The van der Waals surface area contributed by atoms with Crippen molar-refractivity contribution >= 4 is 23.5 Å². The SMILES string of the molecule is CCCCCC[C@H]1CCC(=O)[C@@H]1CCCCSC(O)C(=O)OCC. The van der Waals surface area contributed by atoms with Crippen LogP contribution in [0.15, 0.2) is 0 Å². The Morgan fingerprint density at radius 2 is 1.96 bits per heavy atom. The van der Waals surface area contributed by atoms with E-state index in [0.29, 0.717) is 18.3 Å². The van der Waals surface area contributed by atoms with E-state index >= 15 is 0 Å². The van der Waals surface area contributed by atoms with E-state index in [1.807, 2.05) is 0 Å². The van der Waals surface area contributed by atoms with Crippen LogP contribution in [-0.4, -0.2) is 34.7 Å². The molecule has 0 aromatic rings. The van der Waals surface area contributed by atoms with E-state index in [2.05, 4.69) is 6.92 Å². The third-order valence-electron chi connectivity index (χ3n) is 4.85. The largest absolute Gasteiger partial charge is 0.463 e. The van der Waals surface area contributed by atoms with Crippen LogP contribution >= 0.6 is 11.8 Å². The summed E-state index contributed by atoms with van der Waals surface area (Å²) in [4.78, 5) is 23.4. The van der Waals surface area contributed by atoms with E-state index in [1.54, 1.807) is 6.92 Å². The van der Waals surface area contributed by atoms with Gasteiger partial charge in [-0.1, -0.05) is 39.0 Å². The number of aliphatic hydroxyl groups excluding tert-OH is 1. The maximum Gasteiger partial charge on any atom is 0.345 e. The molecule has 1 unspecified atom stereocenters. The first-order valence-electron chi connectivity index (χ1n) is 9.59. The Hall–Kier alpha value is -0.550. The molecule has 0 bridgehead atoms. The molecule has 0 saturated heterocycles. The number of hydrogen-bond donors (Lipinski definition) is 1. The standard InChI is InChI=1S/C19H34O4S/c1-3-5-6-7-10-15-12-13-17(20)16(15)11-8-9-14-24-19(22)18(21)23-4-2/h15-16,19,22H,3-14H2,1-2H3/t15-,16+,19?/m0/s1. The summed E-state index contributed by atoms with van der Waals surface area (Å²) in [6.07, 6.45) is 11.0. The second kappa shape index (κ2) is 12.8. The molecule has 1 fully saturated rings. The summed E-state index contributed by atoms with van der Waals surface area (Å²) in [5.41, 5.74) is -1.08. The van der Waals surface area contributed by atoms with Crippen LogP contribution < -0.4 is 0 Å². The second-order valence-electron chi connectivity index (χ2n) is 6.69. The summed E-state index contributed by atoms with van der Waals surface area (Å²) in [7, 11) is 0. The molecule has 0 radical (unpaired) electrons. The van der Waals surface area contributed by atoms with Gasteiger partial charge in [-0.05, 0) is 44.3 Å². The number of carbonyl (C=O) groups is 2. The van der Waals surface area contributed by atoms with Crippen molar-refractivity contribution in [3.8, 4) is 0 Å². The molecule has 1 N–H and O–H groups in total. The van der Waals surface area contributed by atoms with Crippen LogP contribution in [0.2, 0.25) is 0 Å². The number of ether oxygens (including phenoxy) is 1. The number of ketones is 1. The van der Waals surface area contributed by atoms with E-state index in [9.17, 15) is 14.7 Å². The number of rotatable bonds is 13. The van der Waals surface area contributed by atoms with Crippen molar-refractivity contribution in [3.63, 3.8) is 0 Å². The Labute approximate surface area is 151 Å². The van der Waals surface area contributed by atoms with Crippen molar-refractivity contribution in [2.45, 2.75) is 83.5 Å². The van der Waals surface area contributed by atoms with E-state index in [0.717, 1.165) is 37.9 Å². The summed E-state index contributed by atoms with van der Waals surface area (Å²) in [5, 5.41) is 9.62. The molecule has 0 aromatic carbocycles. The molecule has 0 amide bonds. The van der Waals surface area contributed by atoms with Crippen LogP contribution in [0, 0.1) is 11.8 Å². The molecular formula is C19H34O4S. The highest BCUT2D eigenvalue weighted by molar-refractivity contribution is 8.00. The van der Waals surface area contributed by atoms with Gasteiger partial charge >= 0.3 is 5.97 Å². The lowest BCUT2D eigenvalue weighted by atomic mass is 9.86. The first-order valence-corrected chi connectivity index (χ1v) is 10.6. The van der Waals surface area contributed by atoms with Crippen LogP contribution in [-0.2, 0) is 14.3 Å². The topological polar surface area (TPSA) is 63.6 Å². The van der Waals surface area contributed by atoms with Crippen molar-refractivity contribution in [2.75, 3.05) is 12.4 Å². The molecule has 140 valence electrons. The fourth-order valence-corrected chi connectivity index (χ4v) is 4.29. The first kappa shape index (κ1) is 21.5. The summed E-state index contributed by atoms with van der Waals surface area (Å²) >= 11 is 1.22. The van der Waals surface area contributed by atoms with E-state index in [4.69, 9.17) is 4.74 Å². The lowest BCUT2D eigenvalue weighted by Crippen LogP contribution is -2.20. The fraction of sp³-hybridized carbons (Fsp3) is 0.895. The number of Topliss-reactive ketones (excluding diaryl/α,β-unsaturated/α-hetero) is 1. The quantitative estimate of drug-likeness (QED) is 0.301. The average molecular weight is 359 g/mol. The van der Waals surface area contributed by atoms with Crippen LogP contribution in [0.5, 0.6) is 0 Å². The number of unbranched alkanes of at least 4 members (excludes halogenated alkanes) is 4. The minimum absolute atomic E-state index is 0.256. The lowest BCUT2D eigenvalue weighted by Gasteiger charge is -2.18. The average Bonchev–Trinajstić information content (AvgIpc) is 2.91. The fourth-order valence-electron chi connectivity index (χ4n) is 3.50. The van der Waals surface area contributed by atoms with Gasteiger partial charge in [0.2, 0.25) is 0 Å². The molecule has 0 aromatic heterocycles. The minimum atomic E-state index is -1.08. The van der Waals surface area contributed by atoms with Gasteiger partial charge in [0.05, 0.1) is 6.61 Å². The molecule has 0 spiro atoms. The predicted molar refractivity (Wildman–Crippen MR) is 98.9 cm³/mol. The Kier molecular flexibility index (Phi) is 11.4. The highest BCUT2D eigenvalue weighted by Crippen LogP contribution is 2.36. The van der Waals surface area contributed by atoms with Crippen LogP contribution in [0.25, 0.3) is 0 Å². The molecule has 1 aliphatic rings. The summed E-state index contributed by atoms with van der Waals surface area (Å²) in [5.74, 6) is 1.47. The lowest BCUT2D eigenvalue weighted by molar-refractivity contribution is -0.148. The van der Waals surface area contributed by atoms with Gasteiger partial charge in [0.25, 0.3) is 0 Å². The van der Waals surface area contributed by atoms with Gasteiger partial charge in [-0.3, -0.25) is 4.79 Å².